The molecule has 1 atom stereocenters. The molecule has 1 unspecified atom stereocenters. The standard InChI is InChI=1S/C11H11BrN2OS/c12-9-5-4-8(15-9)11-14-7-3-1-2-6(13)10(7)16-11/h4-6H,1-3,13H2. The molecular weight excluding hydrogens is 288 g/mol. The number of nitrogens with two attached hydrogens (primary N) is 1. The molecule has 2 N–H and O–H groups in total. The van der Waals surface area contributed by atoms with Crippen molar-refractivity contribution in [2.75, 3.05) is 0 Å². The fourth-order valence-corrected chi connectivity index (χ4v) is 3.40. The number of aromatic nitrogens is 1. The Morgan fingerprint density at radius 1 is 1.50 bits per heavy atom. The van der Waals surface area contributed by atoms with Crippen LogP contribution in [0.5, 0.6) is 0 Å². The molecule has 1 aliphatic carbocycles. The van der Waals surface area contributed by atoms with Crippen molar-refractivity contribution in [3.8, 4) is 10.8 Å². The molecule has 84 valence electrons. The molecule has 0 radical (unpaired) electrons. The lowest BCUT2D eigenvalue weighted by Gasteiger charge is -2.15. The number of aryl methyl sites for hydroxylation is 1. The molecule has 1 aliphatic rings. The summed E-state index contributed by atoms with van der Waals surface area (Å²) in [6.07, 6.45) is 3.25. The van der Waals surface area contributed by atoms with Gasteiger partial charge in [-0.3, -0.25) is 0 Å². The molecule has 16 heavy (non-hydrogen) atoms. The molecule has 3 rings (SSSR count). The Labute approximate surface area is 106 Å². The zero-order valence-electron chi connectivity index (χ0n) is 8.57. The highest BCUT2D eigenvalue weighted by molar-refractivity contribution is 9.10. The fraction of sp³-hybridized carbons (Fsp3) is 0.364. The normalized spacial score (nSPS) is 19.8. The Morgan fingerprint density at radius 2 is 2.38 bits per heavy atom. The van der Waals surface area contributed by atoms with Crippen molar-refractivity contribution in [2.24, 2.45) is 5.73 Å². The lowest BCUT2D eigenvalue weighted by atomic mass is 9.99. The molecule has 0 bridgehead atoms. The molecule has 0 fully saturated rings. The average molecular weight is 299 g/mol. The summed E-state index contributed by atoms with van der Waals surface area (Å²) in [6, 6.07) is 3.98. The summed E-state index contributed by atoms with van der Waals surface area (Å²) in [4.78, 5) is 5.84. The van der Waals surface area contributed by atoms with Gasteiger partial charge in [-0.1, -0.05) is 0 Å². The van der Waals surface area contributed by atoms with Gasteiger partial charge in [-0.05, 0) is 47.3 Å². The third-order valence-corrected chi connectivity index (χ3v) is 4.45. The minimum Gasteiger partial charge on any atom is -0.447 e. The average Bonchev–Trinajstić information content (AvgIpc) is 2.84. The number of fused-ring (bicyclic) bond motifs is 1. The van der Waals surface area contributed by atoms with Crippen LogP contribution < -0.4 is 5.73 Å². The fourth-order valence-electron chi connectivity index (χ4n) is 1.99. The Hall–Kier alpha value is -0.650. The monoisotopic (exact) mass is 298 g/mol. The minimum atomic E-state index is 0.161. The maximum Gasteiger partial charge on any atom is 0.170 e. The highest BCUT2D eigenvalue weighted by Gasteiger charge is 2.22. The molecule has 2 heterocycles. The quantitative estimate of drug-likeness (QED) is 0.876. The first-order valence-electron chi connectivity index (χ1n) is 5.25. The molecule has 3 nitrogen and oxygen atoms in total. The van der Waals surface area contributed by atoms with E-state index in [-0.39, 0.29) is 6.04 Å². The number of nitrogens with zero attached hydrogens (tertiary/aromatic N) is 1. The van der Waals surface area contributed by atoms with E-state index in [4.69, 9.17) is 10.2 Å². The van der Waals surface area contributed by atoms with Gasteiger partial charge in [-0.25, -0.2) is 4.98 Å². The van der Waals surface area contributed by atoms with E-state index in [0.29, 0.717) is 0 Å². The van der Waals surface area contributed by atoms with Gasteiger partial charge in [0.25, 0.3) is 0 Å². The van der Waals surface area contributed by atoms with Crippen LogP contribution in [0.4, 0.5) is 0 Å². The second kappa shape index (κ2) is 3.98. The summed E-state index contributed by atoms with van der Waals surface area (Å²) in [6.45, 7) is 0. The van der Waals surface area contributed by atoms with Crippen LogP contribution in [-0.4, -0.2) is 4.98 Å². The van der Waals surface area contributed by atoms with Crippen molar-refractivity contribution in [1.29, 1.82) is 0 Å². The maximum atomic E-state index is 6.07. The van der Waals surface area contributed by atoms with E-state index in [1.54, 1.807) is 11.3 Å². The summed E-state index contributed by atoms with van der Waals surface area (Å²) in [5, 5.41) is 0.938. The van der Waals surface area contributed by atoms with Crippen molar-refractivity contribution >= 4 is 27.3 Å². The predicted octanol–water partition coefficient (Wildman–Crippen LogP) is 3.50. The molecule has 0 saturated carbocycles. The highest BCUT2D eigenvalue weighted by Crippen LogP contribution is 2.37. The Balaban J connectivity index is 2.04. The molecular formula is C11H11BrN2OS. The largest absolute Gasteiger partial charge is 0.447 e. The van der Waals surface area contributed by atoms with E-state index >= 15 is 0 Å². The smallest absolute Gasteiger partial charge is 0.170 e. The summed E-state index contributed by atoms with van der Waals surface area (Å²) in [5.74, 6) is 0.818. The molecule has 0 saturated heterocycles. The lowest BCUT2D eigenvalue weighted by molar-refractivity contribution is 0.554. The molecule has 0 aromatic carbocycles. The van der Waals surface area contributed by atoms with Gasteiger partial charge in [0, 0.05) is 10.9 Å². The van der Waals surface area contributed by atoms with Gasteiger partial charge in [0.2, 0.25) is 0 Å². The first kappa shape index (κ1) is 10.5. The van der Waals surface area contributed by atoms with E-state index in [0.717, 1.165) is 40.4 Å². The minimum absolute atomic E-state index is 0.161. The first-order chi connectivity index (χ1) is 7.74. The summed E-state index contributed by atoms with van der Waals surface area (Å²) < 4.78 is 6.24. The third kappa shape index (κ3) is 1.73. The van der Waals surface area contributed by atoms with Crippen LogP contribution in [-0.2, 0) is 6.42 Å². The topological polar surface area (TPSA) is 52.0 Å². The van der Waals surface area contributed by atoms with E-state index in [9.17, 15) is 0 Å². The maximum absolute atomic E-state index is 6.07. The zero-order valence-corrected chi connectivity index (χ0v) is 11.0. The number of rotatable bonds is 1. The number of halogens is 1. The van der Waals surface area contributed by atoms with Crippen LogP contribution >= 0.6 is 27.3 Å². The summed E-state index contributed by atoms with van der Waals surface area (Å²) in [5.41, 5.74) is 7.23. The lowest BCUT2D eigenvalue weighted by Crippen LogP contribution is -2.15. The van der Waals surface area contributed by atoms with Crippen molar-refractivity contribution in [3.05, 3.63) is 27.4 Å². The van der Waals surface area contributed by atoms with E-state index in [1.165, 1.54) is 4.88 Å². The Kier molecular flexibility index (Phi) is 2.61. The van der Waals surface area contributed by atoms with E-state index < -0.39 is 0 Å². The predicted molar refractivity (Wildman–Crippen MR) is 67.4 cm³/mol. The summed E-state index contributed by atoms with van der Waals surface area (Å²) >= 11 is 4.96. The Bertz CT molecular complexity index is 520. The zero-order chi connectivity index (χ0) is 11.1. The molecule has 2 aromatic heterocycles. The van der Waals surface area contributed by atoms with Crippen LogP contribution in [0.3, 0.4) is 0 Å². The molecule has 0 amide bonds. The number of furan rings is 1. The van der Waals surface area contributed by atoms with Crippen LogP contribution in [0.1, 0.15) is 29.5 Å². The van der Waals surface area contributed by atoms with Crippen LogP contribution in [0.15, 0.2) is 21.2 Å². The number of hydrogen-bond acceptors (Lipinski definition) is 4. The molecule has 0 spiro atoms. The third-order valence-electron chi connectivity index (χ3n) is 2.78. The van der Waals surface area contributed by atoms with Gasteiger partial charge < -0.3 is 10.2 Å². The van der Waals surface area contributed by atoms with Gasteiger partial charge in [0.1, 0.15) is 0 Å². The second-order valence-electron chi connectivity index (χ2n) is 3.93. The van der Waals surface area contributed by atoms with E-state index in [1.807, 2.05) is 12.1 Å². The van der Waals surface area contributed by atoms with Crippen LogP contribution in [0.2, 0.25) is 0 Å². The van der Waals surface area contributed by atoms with Gasteiger partial charge in [0.15, 0.2) is 15.4 Å². The van der Waals surface area contributed by atoms with Crippen molar-refractivity contribution in [3.63, 3.8) is 0 Å². The number of hydrogen-bond donors (Lipinski definition) is 1. The molecule has 2 aromatic rings. The molecule has 5 heteroatoms. The van der Waals surface area contributed by atoms with Crippen LogP contribution in [0, 0.1) is 0 Å². The van der Waals surface area contributed by atoms with Gasteiger partial charge in [-0.2, -0.15) is 0 Å². The van der Waals surface area contributed by atoms with Crippen molar-refractivity contribution in [2.45, 2.75) is 25.3 Å². The highest BCUT2D eigenvalue weighted by atomic mass is 79.9. The SMILES string of the molecule is NC1CCCc2nc(-c3ccc(Br)o3)sc21. The molecule has 0 aliphatic heterocycles. The van der Waals surface area contributed by atoms with Crippen molar-refractivity contribution < 1.29 is 4.42 Å². The van der Waals surface area contributed by atoms with E-state index in [2.05, 4.69) is 20.9 Å². The van der Waals surface area contributed by atoms with Crippen molar-refractivity contribution in [1.82, 2.24) is 4.98 Å². The van der Waals surface area contributed by atoms with Crippen LogP contribution in [0.25, 0.3) is 10.8 Å². The first-order valence-corrected chi connectivity index (χ1v) is 6.86. The van der Waals surface area contributed by atoms with Gasteiger partial charge in [0.05, 0.1) is 5.69 Å². The number of thiazole rings is 1. The summed E-state index contributed by atoms with van der Waals surface area (Å²) in [7, 11) is 0. The van der Waals surface area contributed by atoms with Gasteiger partial charge in [-0.15, -0.1) is 11.3 Å². The Morgan fingerprint density at radius 3 is 3.06 bits per heavy atom. The second-order valence-corrected chi connectivity index (χ2v) is 5.74. The van der Waals surface area contributed by atoms with Gasteiger partial charge >= 0.3 is 0 Å².